The zero-order chi connectivity index (χ0) is 14.0. The van der Waals surface area contributed by atoms with Crippen molar-refractivity contribution in [3.63, 3.8) is 0 Å². The van der Waals surface area contributed by atoms with Crippen molar-refractivity contribution in [2.45, 2.75) is 20.3 Å². The molecule has 1 N–H and O–H groups in total. The zero-order valence-electron chi connectivity index (χ0n) is 11.0. The van der Waals surface area contributed by atoms with Crippen LogP contribution in [0.3, 0.4) is 0 Å². The van der Waals surface area contributed by atoms with Gasteiger partial charge in [-0.15, -0.1) is 6.58 Å². The van der Waals surface area contributed by atoms with Crippen LogP contribution >= 0.6 is 11.6 Å². The zero-order valence-corrected chi connectivity index (χ0v) is 11.8. The van der Waals surface area contributed by atoms with Crippen LogP contribution < -0.4 is 5.32 Å². The summed E-state index contributed by atoms with van der Waals surface area (Å²) >= 11 is 6.25. The van der Waals surface area contributed by atoms with Crippen molar-refractivity contribution in [3.05, 3.63) is 46.7 Å². The van der Waals surface area contributed by atoms with Crippen molar-refractivity contribution in [1.29, 1.82) is 0 Å². The predicted octanol–water partition coefficient (Wildman–Crippen LogP) is 3.55. The lowest BCUT2D eigenvalue weighted by molar-refractivity contribution is -0.120. The van der Waals surface area contributed by atoms with Crippen LogP contribution in [-0.4, -0.2) is 12.5 Å². The first-order valence-corrected chi connectivity index (χ1v) is 6.45. The Morgan fingerprint density at radius 2 is 2.26 bits per heavy atom. The maximum Gasteiger partial charge on any atom is 0.224 e. The molecule has 1 aromatic heterocycles. The molecule has 4 heteroatoms. The van der Waals surface area contributed by atoms with Crippen molar-refractivity contribution in [1.82, 2.24) is 5.32 Å². The Labute approximate surface area is 117 Å². The first kappa shape index (κ1) is 13.7. The number of halogens is 1. The molecule has 2 aromatic rings. The van der Waals surface area contributed by atoms with Gasteiger partial charge in [-0.05, 0) is 31.0 Å². The number of rotatable bonds is 4. The van der Waals surface area contributed by atoms with Gasteiger partial charge in [-0.1, -0.05) is 17.7 Å². The van der Waals surface area contributed by atoms with E-state index in [4.69, 9.17) is 16.0 Å². The molecule has 0 saturated carbocycles. The second kappa shape index (κ2) is 5.49. The molecule has 1 heterocycles. The van der Waals surface area contributed by atoms with Crippen molar-refractivity contribution in [2.75, 3.05) is 6.54 Å². The van der Waals surface area contributed by atoms with Gasteiger partial charge < -0.3 is 9.73 Å². The Morgan fingerprint density at radius 3 is 2.95 bits per heavy atom. The highest BCUT2D eigenvalue weighted by atomic mass is 35.5. The standard InChI is InChI=1S/C15H16ClNO2/c1-4-5-17-13(18)7-11-8-19-12-6-9(2)15(16)10(3)14(11)12/h4,6,8H,1,5,7H2,2-3H3,(H,17,18). The third-order valence-corrected chi connectivity index (χ3v) is 3.67. The molecule has 0 aliphatic carbocycles. The van der Waals surface area contributed by atoms with Gasteiger partial charge in [0.05, 0.1) is 12.7 Å². The van der Waals surface area contributed by atoms with Crippen molar-refractivity contribution >= 4 is 28.5 Å². The quantitative estimate of drug-likeness (QED) is 0.869. The molecular formula is C15H16ClNO2. The number of aryl methyl sites for hydroxylation is 2. The third-order valence-electron chi connectivity index (χ3n) is 3.09. The molecule has 0 aliphatic rings. The van der Waals surface area contributed by atoms with Crippen LogP contribution in [0.5, 0.6) is 0 Å². The molecule has 0 atom stereocenters. The number of nitrogens with one attached hydrogen (secondary N) is 1. The van der Waals surface area contributed by atoms with Gasteiger partial charge in [-0.2, -0.15) is 0 Å². The highest BCUT2D eigenvalue weighted by Gasteiger charge is 2.15. The normalized spacial score (nSPS) is 10.7. The summed E-state index contributed by atoms with van der Waals surface area (Å²) in [6.45, 7) is 7.91. The summed E-state index contributed by atoms with van der Waals surface area (Å²) in [5, 5.41) is 4.41. The minimum atomic E-state index is -0.0568. The lowest BCUT2D eigenvalue weighted by atomic mass is 10.0. The Morgan fingerprint density at radius 1 is 1.53 bits per heavy atom. The molecule has 0 aliphatic heterocycles. The number of hydrogen-bond acceptors (Lipinski definition) is 2. The average Bonchev–Trinajstić information content (AvgIpc) is 2.76. The van der Waals surface area contributed by atoms with Gasteiger partial charge in [0, 0.05) is 22.5 Å². The fourth-order valence-electron chi connectivity index (χ4n) is 2.16. The summed E-state index contributed by atoms with van der Waals surface area (Å²) in [7, 11) is 0. The molecule has 0 fully saturated rings. The lowest BCUT2D eigenvalue weighted by Gasteiger charge is -2.06. The summed E-state index contributed by atoms with van der Waals surface area (Å²) in [6, 6.07) is 1.90. The molecule has 1 aromatic carbocycles. The minimum absolute atomic E-state index is 0.0568. The van der Waals surface area contributed by atoms with E-state index in [-0.39, 0.29) is 12.3 Å². The van der Waals surface area contributed by atoms with Crippen molar-refractivity contribution < 1.29 is 9.21 Å². The summed E-state index contributed by atoms with van der Waals surface area (Å²) in [5.41, 5.74) is 3.56. The first-order valence-electron chi connectivity index (χ1n) is 6.08. The fraction of sp³-hybridized carbons (Fsp3) is 0.267. The Balaban J connectivity index is 2.37. The van der Waals surface area contributed by atoms with E-state index in [2.05, 4.69) is 11.9 Å². The second-order valence-corrected chi connectivity index (χ2v) is 4.91. The Kier molecular flexibility index (Phi) is 3.96. The topological polar surface area (TPSA) is 42.2 Å². The molecule has 3 nitrogen and oxygen atoms in total. The van der Waals surface area contributed by atoms with E-state index in [1.54, 1.807) is 12.3 Å². The first-order chi connectivity index (χ1) is 9.04. The van der Waals surface area contributed by atoms with Crippen LogP contribution in [0.15, 0.2) is 29.4 Å². The Hall–Kier alpha value is -1.74. The van der Waals surface area contributed by atoms with Crippen molar-refractivity contribution in [3.8, 4) is 0 Å². The van der Waals surface area contributed by atoms with Crippen LogP contribution in [0.1, 0.15) is 16.7 Å². The van der Waals surface area contributed by atoms with E-state index in [9.17, 15) is 4.79 Å². The number of hydrogen-bond donors (Lipinski definition) is 1. The number of carbonyl (C=O) groups is 1. The van der Waals surface area contributed by atoms with Crippen LogP contribution in [0.4, 0.5) is 0 Å². The van der Waals surface area contributed by atoms with Gasteiger partial charge in [0.2, 0.25) is 5.91 Å². The van der Waals surface area contributed by atoms with Crippen LogP contribution in [0, 0.1) is 13.8 Å². The summed E-state index contributed by atoms with van der Waals surface area (Å²) in [6.07, 6.45) is 3.55. The minimum Gasteiger partial charge on any atom is -0.464 e. The maximum atomic E-state index is 11.7. The van der Waals surface area contributed by atoms with E-state index in [1.165, 1.54) is 0 Å². The number of benzene rings is 1. The van der Waals surface area contributed by atoms with Crippen LogP contribution in [-0.2, 0) is 11.2 Å². The smallest absolute Gasteiger partial charge is 0.224 e. The summed E-state index contributed by atoms with van der Waals surface area (Å²) < 4.78 is 5.51. The molecule has 0 spiro atoms. The monoisotopic (exact) mass is 277 g/mol. The number of furan rings is 1. The van der Waals surface area contributed by atoms with E-state index in [1.807, 2.05) is 19.9 Å². The van der Waals surface area contributed by atoms with Gasteiger partial charge in [0.25, 0.3) is 0 Å². The molecule has 0 radical (unpaired) electrons. The van der Waals surface area contributed by atoms with Gasteiger partial charge in [-0.25, -0.2) is 0 Å². The largest absolute Gasteiger partial charge is 0.464 e. The number of amides is 1. The van der Waals surface area contributed by atoms with Gasteiger partial charge in [0.15, 0.2) is 0 Å². The maximum absolute atomic E-state index is 11.7. The molecule has 2 rings (SSSR count). The van der Waals surface area contributed by atoms with E-state index >= 15 is 0 Å². The average molecular weight is 278 g/mol. The molecule has 19 heavy (non-hydrogen) atoms. The highest BCUT2D eigenvalue weighted by Crippen LogP contribution is 2.32. The molecule has 1 amide bonds. The van der Waals surface area contributed by atoms with Gasteiger partial charge in [-0.3, -0.25) is 4.79 Å². The van der Waals surface area contributed by atoms with Crippen LogP contribution in [0.2, 0.25) is 5.02 Å². The van der Waals surface area contributed by atoms with E-state index < -0.39 is 0 Å². The van der Waals surface area contributed by atoms with Gasteiger partial charge >= 0.3 is 0 Å². The predicted molar refractivity (Wildman–Crippen MR) is 77.6 cm³/mol. The Bertz CT molecular complexity index is 643. The molecule has 0 bridgehead atoms. The third kappa shape index (κ3) is 2.66. The summed E-state index contributed by atoms with van der Waals surface area (Å²) in [5.74, 6) is -0.0568. The lowest BCUT2D eigenvalue weighted by Crippen LogP contribution is -2.24. The number of carbonyl (C=O) groups excluding carboxylic acids is 1. The fourth-order valence-corrected chi connectivity index (χ4v) is 2.31. The second-order valence-electron chi connectivity index (χ2n) is 4.54. The molecule has 0 saturated heterocycles. The summed E-state index contributed by atoms with van der Waals surface area (Å²) in [4.78, 5) is 11.7. The molecular weight excluding hydrogens is 262 g/mol. The SMILES string of the molecule is C=CCNC(=O)Cc1coc2cc(C)c(Cl)c(C)c12. The van der Waals surface area contributed by atoms with Crippen LogP contribution in [0.25, 0.3) is 11.0 Å². The van der Waals surface area contributed by atoms with Gasteiger partial charge in [0.1, 0.15) is 5.58 Å². The molecule has 100 valence electrons. The van der Waals surface area contributed by atoms with E-state index in [0.717, 1.165) is 32.7 Å². The number of fused-ring (bicyclic) bond motifs is 1. The van der Waals surface area contributed by atoms with Crippen molar-refractivity contribution in [2.24, 2.45) is 0 Å². The van der Waals surface area contributed by atoms with E-state index in [0.29, 0.717) is 6.54 Å². The highest BCUT2D eigenvalue weighted by molar-refractivity contribution is 6.33. The molecule has 0 unspecified atom stereocenters.